The lowest BCUT2D eigenvalue weighted by Crippen LogP contribution is -2.25. The van der Waals surface area contributed by atoms with Crippen molar-refractivity contribution in [1.29, 1.82) is 5.41 Å². The normalized spacial score (nSPS) is 27.6. The summed E-state index contributed by atoms with van der Waals surface area (Å²) in [6.45, 7) is 1.12. The van der Waals surface area contributed by atoms with Gasteiger partial charge >= 0.3 is 0 Å². The molecule has 0 unspecified atom stereocenters. The van der Waals surface area contributed by atoms with Crippen molar-refractivity contribution >= 4 is 16.9 Å². The molecule has 0 aromatic rings. The number of rotatable bonds is 1. The van der Waals surface area contributed by atoms with E-state index in [9.17, 15) is 0 Å². The highest BCUT2D eigenvalue weighted by Crippen LogP contribution is 2.32. The van der Waals surface area contributed by atoms with Gasteiger partial charge in [-0.2, -0.15) is 0 Å². The molecule has 2 aliphatic rings. The van der Waals surface area contributed by atoms with Crippen molar-refractivity contribution in [1.82, 2.24) is 4.90 Å². The second kappa shape index (κ2) is 1.90. The van der Waals surface area contributed by atoms with Crippen LogP contribution in [-0.2, 0) is 0 Å². The zero-order valence-electron chi connectivity index (χ0n) is 5.26. The van der Waals surface area contributed by atoms with Crippen LogP contribution in [-0.4, -0.2) is 28.4 Å². The maximum absolute atomic E-state index is 7.47. The van der Waals surface area contributed by atoms with Crippen LogP contribution in [0.1, 0.15) is 12.8 Å². The summed E-state index contributed by atoms with van der Waals surface area (Å²) in [6.07, 6.45) is 2.64. The molecule has 9 heavy (non-hydrogen) atoms. The first kappa shape index (κ1) is 5.59. The fraction of sp³-hybridized carbons (Fsp3) is 0.833. The second-order valence-corrected chi connectivity index (χ2v) is 3.66. The molecule has 2 fully saturated rings. The topological polar surface area (TPSA) is 27.1 Å². The van der Waals surface area contributed by atoms with Crippen LogP contribution in [0.2, 0.25) is 0 Å². The van der Waals surface area contributed by atoms with Crippen LogP contribution in [0.3, 0.4) is 0 Å². The Morgan fingerprint density at radius 3 is 2.78 bits per heavy atom. The minimum Gasteiger partial charge on any atom is -0.348 e. The maximum Gasteiger partial charge on any atom is 0.156 e. The van der Waals surface area contributed by atoms with E-state index >= 15 is 0 Å². The minimum atomic E-state index is 0.757. The molecule has 50 valence electrons. The van der Waals surface area contributed by atoms with Crippen LogP contribution < -0.4 is 0 Å². The summed E-state index contributed by atoms with van der Waals surface area (Å²) in [5.41, 5.74) is 0. The largest absolute Gasteiger partial charge is 0.348 e. The lowest BCUT2D eigenvalue weighted by Gasteiger charge is -2.14. The Bertz CT molecular complexity index is 142. The molecule has 2 nitrogen and oxygen atoms in total. The molecule has 0 aromatic heterocycles. The van der Waals surface area contributed by atoms with Crippen LogP contribution in [0.15, 0.2) is 0 Å². The smallest absolute Gasteiger partial charge is 0.156 e. The Balaban J connectivity index is 2.01. The molecular formula is C6H10N2S. The van der Waals surface area contributed by atoms with Gasteiger partial charge in [0.1, 0.15) is 0 Å². The molecule has 1 N–H and O–H groups in total. The molecule has 2 rings (SSSR count). The number of nitrogens with one attached hydrogen (secondary N) is 1. The zero-order chi connectivity index (χ0) is 6.27. The molecule has 0 atom stereocenters. The second-order valence-electron chi connectivity index (χ2n) is 2.58. The van der Waals surface area contributed by atoms with E-state index in [1.165, 1.54) is 12.8 Å². The lowest BCUT2D eigenvalue weighted by atomic mass is 10.5. The van der Waals surface area contributed by atoms with Crippen LogP contribution in [0.5, 0.6) is 0 Å². The molecule has 1 aliphatic carbocycles. The van der Waals surface area contributed by atoms with Gasteiger partial charge in [-0.05, 0) is 12.8 Å². The van der Waals surface area contributed by atoms with Gasteiger partial charge in [0, 0.05) is 18.3 Å². The summed E-state index contributed by atoms with van der Waals surface area (Å²) < 4.78 is 0. The summed E-state index contributed by atoms with van der Waals surface area (Å²) in [5, 5.41) is 8.27. The average Bonchev–Trinajstić information content (AvgIpc) is 2.58. The van der Waals surface area contributed by atoms with Gasteiger partial charge in [0.15, 0.2) is 5.17 Å². The number of amidine groups is 1. The summed E-state index contributed by atoms with van der Waals surface area (Å²) in [7, 11) is 0. The molecule has 1 saturated carbocycles. The molecule has 3 heteroatoms. The van der Waals surface area contributed by atoms with Crippen LogP contribution in [0, 0.1) is 5.41 Å². The van der Waals surface area contributed by atoms with E-state index in [-0.39, 0.29) is 0 Å². The Hall–Kier alpha value is -0.180. The number of nitrogens with zero attached hydrogens (tertiary/aromatic N) is 1. The van der Waals surface area contributed by atoms with E-state index in [2.05, 4.69) is 4.90 Å². The number of hydrogen-bond donors (Lipinski definition) is 1. The maximum atomic E-state index is 7.47. The third-order valence-electron chi connectivity index (χ3n) is 1.82. The van der Waals surface area contributed by atoms with Gasteiger partial charge in [-0.3, -0.25) is 5.41 Å². The van der Waals surface area contributed by atoms with Crippen molar-refractivity contribution < 1.29 is 0 Å². The Kier molecular flexibility index (Phi) is 1.18. The fourth-order valence-electron chi connectivity index (χ4n) is 1.16. The highest BCUT2D eigenvalue weighted by molar-refractivity contribution is 8.14. The molecule has 0 amide bonds. The van der Waals surface area contributed by atoms with Gasteiger partial charge in [0.25, 0.3) is 0 Å². The van der Waals surface area contributed by atoms with Crippen molar-refractivity contribution in [3.63, 3.8) is 0 Å². The molecule has 0 bridgehead atoms. The van der Waals surface area contributed by atoms with Gasteiger partial charge in [-0.25, -0.2) is 0 Å². The Labute approximate surface area is 59.1 Å². The van der Waals surface area contributed by atoms with Crippen molar-refractivity contribution in [2.45, 2.75) is 18.9 Å². The van der Waals surface area contributed by atoms with Crippen molar-refractivity contribution in [3.8, 4) is 0 Å². The van der Waals surface area contributed by atoms with Crippen molar-refractivity contribution in [3.05, 3.63) is 0 Å². The molecule has 1 aliphatic heterocycles. The predicted molar refractivity (Wildman–Crippen MR) is 39.9 cm³/mol. The van der Waals surface area contributed by atoms with E-state index in [4.69, 9.17) is 5.41 Å². The first-order chi connectivity index (χ1) is 4.38. The molecule has 0 aromatic carbocycles. The number of thioether (sulfide) groups is 1. The minimum absolute atomic E-state index is 0.757. The van der Waals surface area contributed by atoms with Gasteiger partial charge in [-0.1, -0.05) is 11.8 Å². The average molecular weight is 142 g/mol. The van der Waals surface area contributed by atoms with Gasteiger partial charge in [0.2, 0.25) is 0 Å². The van der Waals surface area contributed by atoms with E-state index < -0.39 is 0 Å². The zero-order valence-corrected chi connectivity index (χ0v) is 6.08. The van der Waals surface area contributed by atoms with E-state index in [0.717, 1.165) is 23.5 Å². The first-order valence-electron chi connectivity index (χ1n) is 3.36. The highest BCUT2D eigenvalue weighted by atomic mass is 32.2. The van der Waals surface area contributed by atoms with E-state index in [1.54, 1.807) is 11.8 Å². The monoisotopic (exact) mass is 142 g/mol. The Morgan fingerprint density at radius 2 is 2.33 bits per heavy atom. The van der Waals surface area contributed by atoms with Gasteiger partial charge in [-0.15, -0.1) is 0 Å². The summed E-state index contributed by atoms with van der Waals surface area (Å²) in [6, 6.07) is 0.757. The SMILES string of the molecule is N=C1SCCN1C1CC1. The first-order valence-corrected chi connectivity index (χ1v) is 4.34. The molecule has 1 saturated heterocycles. The Morgan fingerprint density at radius 1 is 1.56 bits per heavy atom. The molecular weight excluding hydrogens is 132 g/mol. The van der Waals surface area contributed by atoms with E-state index in [0.29, 0.717) is 0 Å². The molecule has 0 radical (unpaired) electrons. The van der Waals surface area contributed by atoms with Crippen LogP contribution >= 0.6 is 11.8 Å². The van der Waals surface area contributed by atoms with Crippen LogP contribution in [0.4, 0.5) is 0 Å². The van der Waals surface area contributed by atoms with Gasteiger partial charge in [0.05, 0.1) is 0 Å². The van der Waals surface area contributed by atoms with Crippen molar-refractivity contribution in [2.75, 3.05) is 12.3 Å². The molecule has 0 spiro atoms. The summed E-state index contributed by atoms with van der Waals surface area (Å²) in [4.78, 5) is 2.23. The lowest BCUT2D eigenvalue weighted by molar-refractivity contribution is 0.451. The predicted octanol–water partition coefficient (Wildman–Crippen LogP) is 1.13. The number of hydrogen-bond acceptors (Lipinski definition) is 2. The van der Waals surface area contributed by atoms with E-state index in [1.807, 2.05) is 0 Å². The third-order valence-corrected chi connectivity index (χ3v) is 2.71. The van der Waals surface area contributed by atoms with Crippen molar-refractivity contribution in [2.24, 2.45) is 0 Å². The van der Waals surface area contributed by atoms with Gasteiger partial charge < -0.3 is 4.90 Å². The fourth-order valence-corrected chi connectivity index (χ4v) is 2.05. The molecule has 1 heterocycles. The summed E-state index contributed by atoms with van der Waals surface area (Å²) in [5.74, 6) is 1.13. The highest BCUT2D eigenvalue weighted by Gasteiger charge is 2.33. The standard InChI is InChI=1S/C6H10N2S/c7-6-8(3-4-9-6)5-1-2-5/h5,7H,1-4H2. The third kappa shape index (κ3) is 0.936. The van der Waals surface area contributed by atoms with Crippen LogP contribution in [0.25, 0.3) is 0 Å². The quantitative estimate of drug-likeness (QED) is 0.594. The summed E-state index contributed by atoms with van der Waals surface area (Å²) >= 11 is 1.68.